The van der Waals surface area contributed by atoms with E-state index in [4.69, 9.17) is 23.1 Å². The molecule has 0 aromatic heterocycles. The summed E-state index contributed by atoms with van der Waals surface area (Å²) in [6, 6.07) is -0.955. The van der Waals surface area contributed by atoms with Crippen LogP contribution >= 0.6 is 11.6 Å². The Morgan fingerprint density at radius 2 is 1.50 bits per heavy atom. The minimum Gasteiger partial charge on any atom is -0.368 e. The number of carbonyl (C=O) groups is 4. The van der Waals surface area contributed by atoms with Crippen LogP contribution in [-0.4, -0.2) is 47.6 Å². The van der Waals surface area contributed by atoms with Crippen molar-refractivity contribution < 1.29 is 19.2 Å². The highest BCUT2D eigenvalue weighted by Gasteiger charge is 2.19. The topological polar surface area (TPSA) is 136 Å². The molecule has 0 unspecified atom stereocenters. The van der Waals surface area contributed by atoms with Crippen molar-refractivity contribution in [2.24, 2.45) is 11.5 Å². The Bertz CT molecular complexity index is 304. The Morgan fingerprint density at radius 3 is 1.81 bits per heavy atom. The van der Waals surface area contributed by atoms with Crippen molar-refractivity contribution >= 4 is 35.4 Å². The van der Waals surface area contributed by atoms with Gasteiger partial charge in [0.2, 0.25) is 17.7 Å². The summed E-state index contributed by atoms with van der Waals surface area (Å²) in [6.07, 6.45) is 0. The molecule has 5 N–H and O–H groups in total. The first-order valence-electron chi connectivity index (χ1n) is 4.08. The van der Waals surface area contributed by atoms with Crippen LogP contribution in [0.15, 0.2) is 0 Å². The maximum atomic E-state index is 11.3. The van der Waals surface area contributed by atoms with Gasteiger partial charge in [0.05, 0.1) is 0 Å². The average molecular weight is 251 g/mol. The number of nitrogens with two attached hydrogens (primary N) is 2. The first-order valence-corrected chi connectivity index (χ1v) is 4.61. The van der Waals surface area contributed by atoms with E-state index in [-0.39, 0.29) is 0 Å². The Kier molecular flexibility index (Phi) is 5.86. The van der Waals surface area contributed by atoms with Crippen molar-refractivity contribution in [2.75, 3.05) is 19.0 Å². The fourth-order valence-electron chi connectivity index (χ4n) is 0.807. The normalized spacial score (nSPS) is 9.31. The maximum Gasteiger partial charge on any atom is 0.325 e. The number of imide groups is 1. The molecule has 8 nitrogen and oxygen atoms in total. The number of hydrogen-bond acceptors (Lipinski definition) is 4. The van der Waals surface area contributed by atoms with Crippen LogP contribution in [0.2, 0.25) is 0 Å². The van der Waals surface area contributed by atoms with Gasteiger partial charge in [-0.3, -0.25) is 19.7 Å². The lowest BCUT2D eigenvalue weighted by atomic mass is 10.4. The number of amides is 5. The minimum atomic E-state index is -0.955. The lowest BCUT2D eigenvalue weighted by Gasteiger charge is -2.18. The van der Waals surface area contributed by atoms with Gasteiger partial charge in [-0.1, -0.05) is 0 Å². The first-order chi connectivity index (χ1) is 7.36. The van der Waals surface area contributed by atoms with Crippen LogP contribution in [0, 0.1) is 0 Å². The fraction of sp³-hybridized carbons (Fsp3) is 0.429. The van der Waals surface area contributed by atoms with E-state index < -0.39 is 42.7 Å². The summed E-state index contributed by atoms with van der Waals surface area (Å²) in [5, 5.41) is 1.84. The van der Waals surface area contributed by atoms with E-state index in [1.807, 2.05) is 5.32 Å². The van der Waals surface area contributed by atoms with Crippen molar-refractivity contribution in [3.63, 3.8) is 0 Å². The Morgan fingerprint density at radius 1 is 1.06 bits per heavy atom. The van der Waals surface area contributed by atoms with Crippen molar-refractivity contribution in [2.45, 2.75) is 0 Å². The molecule has 0 saturated heterocycles. The van der Waals surface area contributed by atoms with Gasteiger partial charge < -0.3 is 16.4 Å². The van der Waals surface area contributed by atoms with Gasteiger partial charge in [-0.05, 0) is 0 Å². The number of nitrogens with zero attached hydrogens (tertiary/aromatic N) is 1. The molecule has 16 heavy (non-hydrogen) atoms. The van der Waals surface area contributed by atoms with E-state index in [0.29, 0.717) is 4.90 Å². The summed E-state index contributed by atoms with van der Waals surface area (Å²) in [5.41, 5.74) is 9.69. The molecule has 0 atom stereocenters. The summed E-state index contributed by atoms with van der Waals surface area (Å²) in [5.74, 6) is -2.86. The van der Waals surface area contributed by atoms with Gasteiger partial charge in [0, 0.05) is 0 Å². The van der Waals surface area contributed by atoms with Gasteiger partial charge >= 0.3 is 6.03 Å². The number of carbonyl (C=O) groups excluding carboxylic acids is 4. The molecule has 9 heteroatoms. The molecule has 90 valence electrons. The smallest absolute Gasteiger partial charge is 0.325 e. The maximum absolute atomic E-state index is 11.3. The molecule has 5 amide bonds. The lowest BCUT2D eigenvalue weighted by molar-refractivity contribution is -0.122. The highest BCUT2D eigenvalue weighted by molar-refractivity contribution is 6.28. The molecule has 0 spiro atoms. The van der Waals surface area contributed by atoms with Gasteiger partial charge in [0.15, 0.2) is 0 Å². The molecule has 0 fully saturated rings. The molecule has 0 radical (unpaired) electrons. The molecule has 0 aliphatic rings. The third-order valence-corrected chi connectivity index (χ3v) is 1.59. The predicted octanol–water partition coefficient (Wildman–Crippen LogP) is -2.27. The van der Waals surface area contributed by atoms with E-state index in [1.54, 1.807) is 0 Å². The zero-order chi connectivity index (χ0) is 12.7. The van der Waals surface area contributed by atoms with E-state index >= 15 is 0 Å². The van der Waals surface area contributed by atoms with Crippen molar-refractivity contribution in [1.82, 2.24) is 10.2 Å². The van der Waals surface area contributed by atoms with Gasteiger partial charge in [-0.2, -0.15) is 0 Å². The third kappa shape index (κ3) is 5.81. The molecule has 0 aliphatic heterocycles. The number of urea groups is 1. The van der Waals surface area contributed by atoms with Crippen molar-refractivity contribution in [3.05, 3.63) is 0 Å². The van der Waals surface area contributed by atoms with Gasteiger partial charge in [-0.25, -0.2) is 4.79 Å². The Hall–Kier alpha value is -1.83. The lowest BCUT2D eigenvalue weighted by Crippen LogP contribution is -2.49. The molecule has 0 saturated carbocycles. The molecular weight excluding hydrogens is 240 g/mol. The summed E-state index contributed by atoms with van der Waals surface area (Å²) >= 11 is 5.15. The third-order valence-electron chi connectivity index (χ3n) is 1.35. The van der Waals surface area contributed by atoms with E-state index in [1.165, 1.54) is 0 Å². The number of halogens is 1. The van der Waals surface area contributed by atoms with E-state index in [2.05, 4.69) is 0 Å². The van der Waals surface area contributed by atoms with E-state index in [0.717, 1.165) is 0 Å². The summed E-state index contributed by atoms with van der Waals surface area (Å²) in [7, 11) is 0. The highest BCUT2D eigenvalue weighted by atomic mass is 35.5. The number of alkyl halides is 1. The van der Waals surface area contributed by atoms with Crippen molar-refractivity contribution in [1.29, 1.82) is 0 Å². The molecule has 0 aromatic rings. The minimum absolute atomic E-state index is 0.424. The van der Waals surface area contributed by atoms with Gasteiger partial charge in [0.25, 0.3) is 0 Å². The van der Waals surface area contributed by atoms with Crippen molar-refractivity contribution in [3.8, 4) is 0 Å². The van der Waals surface area contributed by atoms with Crippen LogP contribution in [0.4, 0.5) is 4.79 Å². The number of hydrogen-bond donors (Lipinski definition) is 3. The second kappa shape index (κ2) is 6.62. The van der Waals surface area contributed by atoms with Crippen LogP contribution in [0.5, 0.6) is 0 Å². The monoisotopic (exact) mass is 250 g/mol. The largest absolute Gasteiger partial charge is 0.368 e. The summed E-state index contributed by atoms with van der Waals surface area (Å²) in [4.78, 5) is 44.0. The molecule has 0 aliphatic carbocycles. The second-order valence-electron chi connectivity index (χ2n) is 2.78. The van der Waals surface area contributed by atoms with Crippen LogP contribution in [0.1, 0.15) is 0 Å². The summed E-state index contributed by atoms with van der Waals surface area (Å²) in [6.45, 7) is -1.05. The van der Waals surface area contributed by atoms with Crippen LogP contribution < -0.4 is 16.8 Å². The van der Waals surface area contributed by atoms with Crippen LogP contribution in [0.3, 0.4) is 0 Å². The second-order valence-corrected chi connectivity index (χ2v) is 3.04. The molecule has 0 heterocycles. The fourth-order valence-corrected chi connectivity index (χ4v) is 0.874. The molecule has 0 rings (SSSR count). The average Bonchev–Trinajstić information content (AvgIpc) is 2.15. The Balaban J connectivity index is 4.48. The molecule has 0 aromatic carbocycles. The zero-order valence-corrected chi connectivity index (χ0v) is 8.99. The molecular formula is C7H11ClN4O4. The van der Waals surface area contributed by atoms with Gasteiger partial charge in [0.1, 0.15) is 19.0 Å². The predicted molar refractivity (Wildman–Crippen MR) is 54.2 cm³/mol. The molecule has 0 bridgehead atoms. The number of primary amides is 2. The first kappa shape index (κ1) is 14.2. The zero-order valence-electron chi connectivity index (χ0n) is 8.23. The highest BCUT2D eigenvalue weighted by Crippen LogP contribution is 1.89. The standard InChI is InChI=1S/C7H11ClN4O4/c8-1-6(15)11-7(16)12(2-4(9)13)3-5(10)14/h1-3H2,(H2,9,13)(H2,10,14)(H,11,15,16). The SMILES string of the molecule is NC(=O)CN(CC(N)=O)C(=O)NC(=O)CCl. The van der Waals surface area contributed by atoms with Gasteiger partial charge in [-0.15, -0.1) is 11.6 Å². The summed E-state index contributed by atoms with van der Waals surface area (Å²) < 4.78 is 0. The van der Waals surface area contributed by atoms with E-state index in [9.17, 15) is 19.2 Å². The Labute approximate surface area is 95.9 Å². The van der Waals surface area contributed by atoms with Crippen LogP contribution in [0.25, 0.3) is 0 Å². The van der Waals surface area contributed by atoms with Crippen LogP contribution in [-0.2, 0) is 14.4 Å². The number of nitrogens with one attached hydrogen (secondary N) is 1. The number of rotatable bonds is 5. The quantitative estimate of drug-likeness (QED) is 0.474.